The van der Waals surface area contributed by atoms with Gasteiger partial charge in [0.25, 0.3) is 0 Å². The van der Waals surface area contributed by atoms with Gasteiger partial charge in [0, 0.05) is 43.1 Å². The Hall–Kier alpha value is -1.11. The van der Waals surface area contributed by atoms with E-state index >= 15 is 0 Å². The van der Waals surface area contributed by atoms with Gasteiger partial charge in [-0.05, 0) is 12.1 Å². The highest BCUT2D eigenvalue weighted by Crippen LogP contribution is 2.15. The van der Waals surface area contributed by atoms with E-state index in [1.54, 1.807) is 0 Å². The minimum Gasteiger partial charge on any atom is -0.389 e. The average Bonchev–Trinajstić information content (AvgIpc) is 2.46. The van der Waals surface area contributed by atoms with E-state index < -0.39 is 0 Å². The molecule has 20 heavy (non-hydrogen) atoms. The van der Waals surface area contributed by atoms with Crippen LogP contribution in [0, 0.1) is 0 Å². The van der Waals surface area contributed by atoms with Crippen molar-refractivity contribution in [3.8, 4) is 0 Å². The summed E-state index contributed by atoms with van der Waals surface area (Å²) in [5.41, 5.74) is 7.06. The molecule has 0 aromatic heterocycles. The summed E-state index contributed by atoms with van der Waals surface area (Å²) in [6.07, 6.45) is 0.496. The molecule has 0 bridgehead atoms. The molecule has 0 spiro atoms. The molecule has 3 N–H and O–H groups in total. The van der Waals surface area contributed by atoms with Crippen LogP contribution in [0.5, 0.6) is 0 Å². The second kappa shape index (κ2) is 7.61. The smallest absolute Gasteiger partial charge is 0.225 e. The maximum absolute atomic E-state index is 12.0. The van der Waals surface area contributed by atoms with Crippen LogP contribution in [0.15, 0.2) is 24.3 Å². The molecule has 4 nitrogen and oxygen atoms in total. The van der Waals surface area contributed by atoms with Crippen molar-refractivity contribution in [3.63, 3.8) is 0 Å². The van der Waals surface area contributed by atoms with Crippen molar-refractivity contribution in [1.82, 2.24) is 4.90 Å². The van der Waals surface area contributed by atoms with Gasteiger partial charge in [0.1, 0.15) is 4.99 Å². The summed E-state index contributed by atoms with van der Waals surface area (Å²) in [6, 6.07) is 7.36. The number of nitrogens with two attached hydrogens (primary N) is 1. The summed E-state index contributed by atoms with van der Waals surface area (Å²) in [6.45, 7) is 2.95. The van der Waals surface area contributed by atoms with Gasteiger partial charge < -0.3 is 16.0 Å². The molecule has 1 fully saturated rings. The number of thiocarbonyl (C=S) groups is 1. The van der Waals surface area contributed by atoms with Crippen LogP contribution >= 0.6 is 24.0 Å². The predicted octanol–water partition coefficient (Wildman–Crippen LogP) is 1.70. The lowest BCUT2D eigenvalue weighted by atomic mass is 10.1. The molecule has 108 valence electrons. The molecule has 1 saturated heterocycles. The molecule has 6 heteroatoms. The Labute approximate surface area is 129 Å². The minimum absolute atomic E-state index is 0.00641. The largest absolute Gasteiger partial charge is 0.389 e. The molecular formula is C14H19N3OS2. The number of carbonyl (C=O) groups is 1. The Morgan fingerprint density at radius 3 is 2.75 bits per heavy atom. The fourth-order valence-corrected chi connectivity index (χ4v) is 3.26. The SMILES string of the molecule is NC(=S)c1ccccc1NC(=O)CCN1CCSCC1. The predicted molar refractivity (Wildman–Crippen MR) is 89.3 cm³/mol. The highest BCUT2D eigenvalue weighted by Gasteiger charge is 2.13. The van der Waals surface area contributed by atoms with Crippen molar-refractivity contribution in [3.05, 3.63) is 29.8 Å². The summed E-state index contributed by atoms with van der Waals surface area (Å²) in [4.78, 5) is 14.6. The van der Waals surface area contributed by atoms with Crippen LogP contribution < -0.4 is 11.1 Å². The number of thioether (sulfide) groups is 1. The molecule has 0 unspecified atom stereocenters. The first-order chi connectivity index (χ1) is 9.66. The summed E-state index contributed by atoms with van der Waals surface area (Å²) < 4.78 is 0. The molecule has 2 rings (SSSR count). The van der Waals surface area contributed by atoms with Crippen molar-refractivity contribution in [2.75, 3.05) is 36.5 Å². The fraction of sp³-hybridized carbons (Fsp3) is 0.429. The Balaban J connectivity index is 1.86. The number of nitrogens with zero attached hydrogens (tertiary/aromatic N) is 1. The van der Waals surface area contributed by atoms with Crippen molar-refractivity contribution in [2.45, 2.75) is 6.42 Å². The molecule has 0 radical (unpaired) electrons. The molecule has 0 atom stereocenters. The van der Waals surface area contributed by atoms with E-state index in [-0.39, 0.29) is 5.91 Å². The zero-order valence-corrected chi connectivity index (χ0v) is 12.9. The average molecular weight is 309 g/mol. The number of rotatable bonds is 5. The van der Waals surface area contributed by atoms with Gasteiger partial charge in [-0.2, -0.15) is 11.8 Å². The second-order valence-corrected chi connectivity index (χ2v) is 6.33. The first kappa shape index (κ1) is 15.3. The number of nitrogens with one attached hydrogen (secondary N) is 1. The van der Waals surface area contributed by atoms with Gasteiger partial charge in [0.2, 0.25) is 5.91 Å². The molecule has 0 aliphatic carbocycles. The third-order valence-electron chi connectivity index (χ3n) is 3.23. The highest BCUT2D eigenvalue weighted by molar-refractivity contribution is 7.99. The van der Waals surface area contributed by atoms with Gasteiger partial charge in [-0.25, -0.2) is 0 Å². The quantitative estimate of drug-likeness (QED) is 0.811. The number of benzene rings is 1. The Morgan fingerprint density at radius 1 is 1.35 bits per heavy atom. The third kappa shape index (κ3) is 4.47. The lowest BCUT2D eigenvalue weighted by Crippen LogP contribution is -2.35. The molecule has 1 aromatic rings. The summed E-state index contributed by atoms with van der Waals surface area (Å²) in [7, 11) is 0. The summed E-state index contributed by atoms with van der Waals surface area (Å²) in [5, 5.41) is 2.89. The van der Waals surface area contributed by atoms with Crippen LogP contribution in [0.4, 0.5) is 5.69 Å². The molecule has 0 saturated carbocycles. The Morgan fingerprint density at radius 2 is 2.05 bits per heavy atom. The van der Waals surface area contributed by atoms with Crippen LogP contribution in [-0.4, -0.2) is 46.9 Å². The van der Waals surface area contributed by atoms with Gasteiger partial charge in [0.15, 0.2) is 0 Å². The highest BCUT2D eigenvalue weighted by atomic mass is 32.2. The normalized spacial score (nSPS) is 15.8. The molecule has 1 aliphatic rings. The first-order valence-electron chi connectivity index (χ1n) is 6.65. The fourth-order valence-electron chi connectivity index (χ4n) is 2.10. The number of hydrogen-bond acceptors (Lipinski definition) is 4. The van der Waals surface area contributed by atoms with Crippen LogP contribution in [0.1, 0.15) is 12.0 Å². The third-order valence-corrected chi connectivity index (χ3v) is 4.39. The van der Waals surface area contributed by atoms with Gasteiger partial charge in [-0.3, -0.25) is 4.79 Å². The molecule has 1 heterocycles. The Bertz CT molecular complexity index is 487. The van der Waals surface area contributed by atoms with Gasteiger partial charge in [-0.1, -0.05) is 24.4 Å². The molecule has 1 amide bonds. The van der Waals surface area contributed by atoms with E-state index in [1.165, 1.54) is 0 Å². The first-order valence-corrected chi connectivity index (χ1v) is 8.22. The topological polar surface area (TPSA) is 58.4 Å². The van der Waals surface area contributed by atoms with Crippen LogP contribution in [0.25, 0.3) is 0 Å². The Kier molecular flexibility index (Phi) is 5.82. The van der Waals surface area contributed by atoms with E-state index in [1.807, 2.05) is 36.0 Å². The molecule has 1 aliphatic heterocycles. The van der Waals surface area contributed by atoms with Gasteiger partial charge in [0.05, 0.1) is 5.69 Å². The van der Waals surface area contributed by atoms with Crippen LogP contribution in [0.3, 0.4) is 0 Å². The number of amides is 1. The van der Waals surface area contributed by atoms with Crippen molar-refractivity contribution in [2.24, 2.45) is 5.73 Å². The lowest BCUT2D eigenvalue weighted by Gasteiger charge is -2.25. The van der Waals surface area contributed by atoms with Crippen molar-refractivity contribution < 1.29 is 4.79 Å². The van der Waals surface area contributed by atoms with Gasteiger partial charge >= 0.3 is 0 Å². The van der Waals surface area contributed by atoms with E-state index in [0.717, 1.165) is 31.1 Å². The zero-order valence-electron chi connectivity index (χ0n) is 11.3. The second-order valence-electron chi connectivity index (χ2n) is 4.66. The summed E-state index contributed by atoms with van der Waals surface area (Å²) in [5.74, 6) is 2.32. The number of carbonyl (C=O) groups excluding carboxylic acids is 1. The molecule has 1 aromatic carbocycles. The zero-order chi connectivity index (χ0) is 14.4. The van der Waals surface area contributed by atoms with E-state index in [4.69, 9.17) is 18.0 Å². The van der Waals surface area contributed by atoms with Crippen LogP contribution in [0.2, 0.25) is 0 Å². The van der Waals surface area contributed by atoms with E-state index in [2.05, 4.69) is 10.2 Å². The lowest BCUT2D eigenvalue weighted by molar-refractivity contribution is -0.116. The number of hydrogen-bond donors (Lipinski definition) is 2. The molecular weight excluding hydrogens is 290 g/mol. The maximum Gasteiger partial charge on any atom is 0.225 e. The standard InChI is InChI=1S/C14H19N3OS2/c15-14(19)11-3-1-2-4-12(11)16-13(18)5-6-17-7-9-20-10-8-17/h1-4H,5-10H2,(H2,15,19)(H,16,18). The van der Waals surface area contributed by atoms with E-state index in [9.17, 15) is 4.79 Å². The number of anilines is 1. The number of para-hydroxylation sites is 1. The minimum atomic E-state index is 0.00641. The van der Waals surface area contributed by atoms with Gasteiger partial charge in [-0.15, -0.1) is 0 Å². The van der Waals surface area contributed by atoms with Crippen molar-refractivity contribution >= 4 is 40.6 Å². The monoisotopic (exact) mass is 309 g/mol. The van der Waals surface area contributed by atoms with Crippen LogP contribution in [-0.2, 0) is 4.79 Å². The van der Waals surface area contributed by atoms with E-state index in [0.29, 0.717) is 22.7 Å². The van der Waals surface area contributed by atoms with Crippen molar-refractivity contribution in [1.29, 1.82) is 0 Å². The maximum atomic E-state index is 12.0. The summed E-state index contributed by atoms with van der Waals surface area (Å²) >= 11 is 6.96.